The van der Waals surface area contributed by atoms with Gasteiger partial charge in [-0.15, -0.1) is 0 Å². The number of halogens is 3. The fourth-order valence-electron chi connectivity index (χ4n) is 2.33. The molecule has 0 unspecified atom stereocenters. The number of aromatic amines is 1. The van der Waals surface area contributed by atoms with Crippen molar-refractivity contribution in [2.24, 2.45) is 0 Å². The summed E-state index contributed by atoms with van der Waals surface area (Å²) in [6.45, 7) is 0.0322. The zero-order chi connectivity index (χ0) is 17.9. The lowest BCUT2D eigenvalue weighted by Gasteiger charge is -2.05. The van der Waals surface area contributed by atoms with Gasteiger partial charge in [0.05, 0.1) is 12.1 Å². The molecule has 0 fully saturated rings. The first-order valence-electron chi connectivity index (χ1n) is 7.45. The van der Waals surface area contributed by atoms with E-state index in [1.165, 1.54) is 12.1 Å². The molecule has 3 rings (SSSR count). The van der Waals surface area contributed by atoms with Crippen molar-refractivity contribution in [1.82, 2.24) is 10.3 Å². The molecule has 1 amide bonds. The highest BCUT2D eigenvalue weighted by Gasteiger charge is 2.30. The van der Waals surface area contributed by atoms with Crippen molar-refractivity contribution in [2.75, 3.05) is 6.54 Å². The lowest BCUT2D eigenvalue weighted by Crippen LogP contribution is -2.23. The summed E-state index contributed by atoms with van der Waals surface area (Å²) in [5.41, 5.74) is 0.751. The Hall–Kier alpha value is -3.20. The van der Waals surface area contributed by atoms with Crippen molar-refractivity contribution in [3.8, 4) is 11.8 Å². The molecule has 0 aliphatic heterocycles. The monoisotopic (exact) mass is 342 g/mol. The van der Waals surface area contributed by atoms with Crippen molar-refractivity contribution >= 4 is 16.8 Å². The Balaban J connectivity index is 1.63. The van der Waals surface area contributed by atoms with Gasteiger partial charge in [0.15, 0.2) is 0 Å². The van der Waals surface area contributed by atoms with Gasteiger partial charge in [0, 0.05) is 16.5 Å². The van der Waals surface area contributed by atoms with Crippen LogP contribution in [-0.4, -0.2) is 17.4 Å². The number of alkyl halides is 3. The molecule has 126 valence electrons. The number of carbonyl (C=O) groups is 1. The van der Waals surface area contributed by atoms with Crippen LogP contribution < -0.4 is 5.32 Å². The first-order chi connectivity index (χ1) is 11.9. The SMILES string of the molecule is O=C(NCC#Cc1cccc(C(F)(F)F)c1)c1cc2ccccc2[nH]1. The molecule has 1 heterocycles. The third kappa shape index (κ3) is 4.01. The van der Waals surface area contributed by atoms with Gasteiger partial charge in [-0.25, -0.2) is 0 Å². The minimum atomic E-state index is -4.40. The number of para-hydroxylation sites is 1. The molecule has 3 aromatic rings. The van der Waals surface area contributed by atoms with E-state index in [-0.39, 0.29) is 18.0 Å². The van der Waals surface area contributed by atoms with Crippen molar-refractivity contribution in [2.45, 2.75) is 6.18 Å². The number of hydrogen-bond acceptors (Lipinski definition) is 1. The van der Waals surface area contributed by atoms with Gasteiger partial charge in [-0.1, -0.05) is 36.1 Å². The van der Waals surface area contributed by atoms with Gasteiger partial charge in [0.1, 0.15) is 5.69 Å². The molecule has 0 atom stereocenters. The third-order valence-electron chi connectivity index (χ3n) is 3.53. The van der Waals surface area contributed by atoms with E-state index in [4.69, 9.17) is 0 Å². The van der Waals surface area contributed by atoms with Gasteiger partial charge < -0.3 is 10.3 Å². The second kappa shape index (κ2) is 6.73. The van der Waals surface area contributed by atoms with Crippen LogP contribution in [0, 0.1) is 11.8 Å². The van der Waals surface area contributed by atoms with Crippen molar-refractivity contribution in [3.63, 3.8) is 0 Å². The molecule has 0 saturated carbocycles. The van der Waals surface area contributed by atoms with Gasteiger partial charge in [-0.05, 0) is 30.3 Å². The lowest BCUT2D eigenvalue weighted by atomic mass is 10.1. The predicted molar refractivity (Wildman–Crippen MR) is 89.0 cm³/mol. The second-order valence-electron chi connectivity index (χ2n) is 5.33. The molecular weight excluding hydrogens is 329 g/mol. The van der Waals surface area contributed by atoms with E-state index in [9.17, 15) is 18.0 Å². The van der Waals surface area contributed by atoms with E-state index in [2.05, 4.69) is 22.1 Å². The second-order valence-corrected chi connectivity index (χ2v) is 5.33. The number of benzene rings is 2. The Labute approximate surface area is 141 Å². The van der Waals surface area contributed by atoms with E-state index in [1.807, 2.05) is 24.3 Å². The van der Waals surface area contributed by atoms with Crippen LogP contribution in [0.4, 0.5) is 13.2 Å². The Kier molecular flexibility index (Phi) is 4.48. The average molecular weight is 342 g/mol. The Morgan fingerprint density at radius 1 is 1.08 bits per heavy atom. The van der Waals surface area contributed by atoms with Crippen LogP contribution in [-0.2, 0) is 6.18 Å². The van der Waals surface area contributed by atoms with E-state index < -0.39 is 11.7 Å². The van der Waals surface area contributed by atoms with E-state index in [1.54, 1.807) is 6.07 Å². The summed E-state index contributed by atoms with van der Waals surface area (Å²) >= 11 is 0. The maximum absolute atomic E-state index is 12.6. The number of fused-ring (bicyclic) bond motifs is 1. The van der Waals surface area contributed by atoms with Crippen LogP contribution in [0.1, 0.15) is 21.6 Å². The maximum Gasteiger partial charge on any atom is 0.416 e. The third-order valence-corrected chi connectivity index (χ3v) is 3.53. The molecule has 3 nitrogen and oxygen atoms in total. The fraction of sp³-hybridized carbons (Fsp3) is 0.105. The molecule has 0 aliphatic rings. The number of carbonyl (C=O) groups excluding carboxylic acids is 1. The van der Waals surface area contributed by atoms with Crippen LogP contribution in [0.25, 0.3) is 10.9 Å². The molecule has 2 N–H and O–H groups in total. The van der Waals surface area contributed by atoms with Crippen molar-refractivity contribution < 1.29 is 18.0 Å². The molecule has 0 aliphatic carbocycles. The minimum Gasteiger partial charge on any atom is -0.351 e. The number of aromatic nitrogens is 1. The summed E-state index contributed by atoms with van der Waals surface area (Å²) in [5, 5.41) is 3.53. The molecule has 25 heavy (non-hydrogen) atoms. The number of rotatable bonds is 2. The number of amides is 1. The molecule has 1 aromatic heterocycles. The zero-order valence-electron chi connectivity index (χ0n) is 12.9. The number of H-pyrrole nitrogens is 1. The van der Waals surface area contributed by atoms with Gasteiger partial charge >= 0.3 is 6.18 Å². The largest absolute Gasteiger partial charge is 0.416 e. The molecule has 0 radical (unpaired) electrons. The van der Waals surface area contributed by atoms with Crippen molar-refractivity contribution in [1.29, 1.82) is 0 Å². The fourth-order valence-corrected chi connectivity index (χ4v) is 2.33. The van der Waals surface area contributed by atoms with Crippen LogP contribution in [0.5, 0.6) is 0 Å². The summed E-state index contributed by atoms with van der Waals surface area (Å²) in [7, 11) is 0. The smallest absolute Gasteiger partial charge is 0.351 e. The summed E-state index contributed by atoms with van der Waals surface area (Å²) in [6, 6.07) is 14.0. The summed E-state index contributed by atoms with van der Waals surface area (Å²) < 4.78 is 37.9. The molecule has 0 spiro atoms. The Morgan fingerprint density at radius 2 is 1.88 bits per heavy atom. The first kappa shape index (κ1) is 16.7. The van der Waals surface area contributed by atoms with E-state index in [0.717, 1.165) is 23.0 Å². The highest BCUT2D eigenvalue weighted by Crippen LogP contribution is 2.29. The molecule has 2 aromatic carbocycles. The minimum absolute atomic E-state index is 0.0322. The van der Waals surface area contributed by atoms with Crippen molar-refractivity contribution in [3.05, 3.63) is 71.4 Å². The highest BCUT2D eigenvalue weighted by molar-refractivity contribution is 5.98. The molecular formula is C19H13F3N2O. The van der Waals surface area contributed by atoms with Gasteiger partial charge in [-0.3, -0.25) is 4.79 Å². The molecule has 0 bridgehead atoms. The van der Waals surface area contributed by atoms with E-state index in [0.29, 0.717) is 5.69 Å². The van der Waals surface area contributed by atoms with Gasteiger partial charge in [-0.2, -0.15) is 13.2 Å². The summed E-state index contributed by atoms with van der Waals surface area (Å²) in [4.78, 5) is 15.0. The van der Waals surface area contributed by atoms with Crippen LogP contribution in [0.2, 0.25) is 0 Å². The zero-order valence-corrected chi connectivity index (χ0v) is 12.9. The summed E-state index contributed by atoms with van der Waals surface area (Å²) in [6.07, 6.45) is -4.40. The lowest BCUT2D eigenvalue weighted by molar-refractivity contribution is -0.137. The standard InChI is InChI=1S/C19H13F3N2O/c20-19(21,22)15-8-3-5-13(11-15)6-4-10-23-18(25)17-12-14-7-1-2-9-16(14)24-17/h1-3,5,7-9,11-12,24H,10H2,(H,23,25). The Morgan fingerprint density at radius 3 is 2.64 bits per heavy atom. The van der Waals surface area contributed by atoms with Crippen LogP contribution >= 0.6 is 0 Å². The van der Waals surface area contributed by atoms with Crippen LogP contribution in [0.15, 0.2) is 54.6 Å². The first-order valence-corrected chi connectivity index (χ1v) is 7.45. The maximum atomic E-state index is 12.6. The average Bonchev–Trinajstić information content (AvgIpc) is 3.02. The molecule has 6 heteroatoms. The van der Waals surface area contributed by atoms with Crippen LogP contribution in [0.3, 0.4) is 0 Å². The van der Waals surface area contributed by atoms with E-state index >= 15 is 0 Å². The Bertz CT molecular complexity index is 944. The number of nitrogens with one attached hydrogen (secondary N) is 2. The highest BCUT2D eigenvalue weighted by atomic mass is 19.4. The normalized spacial score (nSPS) is 11.0. The quantitative estimate of drug-likeness (QED) is 0.680. The predicted octanol–water partition coefficient (Wildman–Crippen LogP) is 3.97. The number of hydrogen-bond donors (Lipinski definition) is 2. The molecule has 0 saturated heterocycles. The summed E-state index contributed by atoms with van der Waals surface area (Å²) in [5.74, 6) is 4.94. The topological polar surface area (TPSA) is 44.9 Å². The van der Waals surface area contributed by atoms with Gasteiger partial charge in [0.25, 0.3) is 5.91 Å². The van der Waals surface area contributed by atoms with Gasteiger partial charge in [0.2, 0.25) is 0 Å².